The molecule has 1 heteroatoms. The topological polar surface area (TPSA) is 0 Å². The van der Waals surface area contributed by atoms with Gasteiger partial charge >= 0.3 is 205 Å². The van der Waals surface area contributed by atoms with E-state index in [0.717, 1.165) is 0 Å². The molecule has 0 spiro atoms. The fourth-order valence-electron chi connectivity index (χ4n) is 5.35. The number of hydrogen-bond donors (Lipinski definition) is 0. The van der Waals surface area contributed by atoms with Crippen LogP contribution >= 0.6 is 0 Å². The van der Waals surface area contributed by atoms with Crippen molar-refractivity contribution in [3.63, 3.8) is 0 Å². The van der Waals surface area contributed by atoms with Crippen LogP contribution in [-0.4, -0.2) is 13.3 Å². The van der Waals surface area contributed by atoms with E-state index in [1.54, 1.807) is 8.79 Å². The predicted molar refractivity (Wildman–Crippen MR) is 150 cm³/mol. The summed E-state index contributed by atoms with van der Waals surface area (Å²) in [6, 6.07) is 20.3. The third-order valence-corrected chi connectivity index (χ3v) is 16.1. The Kier molecular flexibility index (Phi) is 7.59. The zero-order valence-corrected chi connectivity index (χ0v) is 24.1. The summed E-state index contributed by atoms with van der Waals surface area (Å²) in [5, 5.41) is 0. The summed E-state index contributed by atoms with van der Waals surface area (Å²) in [5.74, 6) is 0. The van der Waals surface area contributed by atoms with Crippen molar-refractivity contribution >= 4 is 28.1 Å². The summed E-state index contributed by atoms with van der Waals surface area (Å²) in [7, 11) is 0. The normalized spacial score (nSPS) is 12.8. The molecule has 0 aliphatic carbocycles. The summed E-state index contributed by atoms with van der Waals surface area (Å²) in [6.45, 7) is 20.6. The van der Waals surface area contributed by atoms with Crippen LogP contribution in [0.4, 0.5) is 0 Å². The molecule has 0 N–H and O–H groups in total. The van der Waals surface area contributed by atoms with E-state index in [0.29, 0.717) is 0 Å². The molecule has 33 heavy (non-hydrogen) atoms. The number of hydrogen-bond acceptors (Lipinski definition) is 0. The Labute approximate surface area is 204 Å². The molecule has 0 saturated carbocycles. The van der Waals surface area contributed by atoms with E-state index in [2.05, 4.69) is 139 Å². The average Bonchev–Trinajstić information content (AvgIpc) is 2.69. The van der Waals surface area contributed by atoms with Gasteiger partial charge in [0.25, 0.3) is 0 Å². The summed E-state index contributed by atoms with van der Waals surface area (Å²) < 4.78 is 3.15. The minimum absolute atomic E-state index is 0.121. The first-order chi connectivity index (χ1) is 15.4. The third-order valence-electron chi connectivity index (χ3n) is 6.37. The number of rotatable bonds is 5. The first-order valence-corrected chi connectivity index (χ1v) is 16.6. The van der Waals surface area contributed by atoms with Gasteiger partial charge in [-0.05, 0) is 0 Å². The molecule has 3 aromatic rings. The molecule has 0 aliphatic heterocycles. The maximum atomic E-state index is 2.65. The number of aryl methyl sites for hydroxylation is 6. The van der Waals surface area contributed by atoms with Crippen molar-refractivity contribution in [2.24, 2.45) is 5.41 Å². The van der Waals surface area contributed by atoms with Crippen LogP contribution in [0, 0.1) is 47.0 Å². The summed E-state index contributed by atoms with van der Waals surface area (Å²) in [4.78, 5) is 5.27. The van der Waals surface area contributed by atoms with Crippen LogP contribution in [0.25, 0.3) is 6.08 Å². The van der Waals surface area contributed by atoms with Crippen molar-refractivity contribution in [1.82, 2.24) is 0 Å². The molecule has 0 aliphatic rings. The Balaban J connectivity index is 2.48. The van der Waals surface area contributed by atoms with Crippen LogP contribution in [0.2, 0.25) is 0 Å². The molecule has 3 rings (SSSR count). The fourth-order valence-corrected chi connectivity index (χ4v) is 16.1. The van der Waals surface area contributed by atoms with E-state index in [4.69, 9.17) is 0 Å². The van der Waals surface area contributed by atoms with E-state index >= 15 is 0 Å². The zero-order chi connectivity index (χ0) is 24.4. The van der Waals surface area contributed by atoms with Gasteiger partial charge in [-0.1, -0.05) is 0 Å². The summed E-state index contributed by atoms with van der Waals surface area (Å²) in [6.07, 6.45) is 4.85. The zero-order valence-electron chi connectivity index (χ0n) is 22.0. The fraction of sp³-hybridized carbons (Fsp3) is 0.312. The molecule has 0 unspecified atom stereocenters. The van der Waals surface area contributed by atoms with Crippen molar-refractivity contribution in [2.75, 3.05) is 0 Å². The van der Waals surface area contributed by atoms with Crippen LogP contribution < -0.4 is 8.79 Å². The Bertz CT molecular complexity index is 1080. The van der Waals surface area contributed by atoms with Crippen LogP contribution in [0.15, 0.2) is 70.5 Å². The molecule has 0 saturated heterocycles. The Morgan fingerprint density at radius 2 is 1.03 bits per heavy atom. The Hall–Kier alpha value is -2.32. The van der Waals surface area contributed by atoms with Gasteiger partial charge in [0.2, 0.25) is 0 Å². The molecule has 0 heterocycles. The Morgan fingerprint density at radius 3 is 1.42 bits per heavy atom. The molecule has 0 nitrogen and oxygen atoms in total. The predicted octanol–water partition coefficient (Wildman–Crippen LogP) is 7.49. The van der Waals surface area contributed by atoms with E-state index in [9.17, 15) is 0 Å². The van der Waals surface area contributed by atoms with Crippen LogP contribution in [0.5, 0.6) is 0 Å². The van der Waals surface area contributed by atoms with E-state index in [1.165, 1.54) is 38.9 Å². The van der Waals surface area contributed by atoms with Gasteiger partial charge < -0.3 is 0 Å². The Morgan fingerprint density at radius 1 is 0.606 bits per heavy atom. The quantitative estimate of drug-likeness (QED) is 0.321. The summed E-state index contributed by atoms with van der Waals surface area (Å²) >= 11 is -3.15. The number of allylic oxidation sites excluding steroid dienone is 1. The van der Waals surface area contributed by atoms with Gasteiger partial charge in [-0.2, -0.15) is 0 Å². The van der Waals surface area contributed by atoms with Gasteiger partial charge in [0.1, 0.15) is 0 Å². The van der Waals surface area contributed by atoms with Gasteiger partial charge in [0.05, 0.1) is 0 Å². The maximum absolute atomic E-state index is 3.15. The van der Waals surface area contributed by atoms with Crippen molar-refractivity contribution in [2.45, 2.75) is 62.3 Å². The molecule has 3 aromatic carbocycles. The molecule has 0 atom stereocenters. The second-order valence-corrected chi connectivity index (χ2v) is 18.0. The first kappa shape index (κ1) is 25.3. The minimum atomic E-state index is -3.15. The summed E-state index contributed by atoms with van der Waals surface area (Å²) in [5.41, 5.74) is 9.75. The SMILES string of the molecule is Cc1cc(C)[c]([Ge](/[CH]=C/c2ccccc2)(/[CH]=C/C(C)(C)C)[c]2c(C)cc(C)cc2C)c(C)c1. The van der Waals surface area contributed by atoms with Crippen LogP contribution in [0.3, 0.4) is 0 Å². The van der Waals surface area contributed by atoms with Gasteiger partial charge in [-0.3, -0.25) is 0 Å². The average molecular weight is 497 g/mol. The van der Waals surface area contributed by atoms with Crippen LogP contribution in [0.1, 0.15) is 59.7 Å². The second-order valence-electron chi connectivity index (χ2n) is 10.9. The molecule has 0 bridgehead atoms. The molecule has 0 amide bonds. The van der Waals surface area contributed by atoms with E-state index in [1.807, 2.05) is 0 Å². The van der Waals surface area contributed by atoms with Crippen molar-refractivity contribution in [3.05, 3.63) is 109 Å². The van der Waals surface area contributed by atoms with Crippen molar-refractivity contribution in [1.29, 1.82) is 0 Å². The van der Waals surface area contributed by atoms with Gasteiger partial charge in [-0.25, -0.2) is 0 Å². The van der Waals surface area contributed by atoms with Gasteiger partial charge in [0, 0.05) is 0 Å². The second kappa shape index (κ2) is 9.89. The van der Waals surface area contributed by atoms with Crippen molar-refractivity contribution < 1.29 is 0 Å². The molecule has 0 aromatic heterocycles. The van der Waals surface area contributed by atoms with Crippen molar-refractivity contribution in [3.8, 4) is 0 Å². The first-order valence-electron chi connectivity index (χ1n) is 12.0. The standard InChI is InChI=1S/C32H40Ge/c1-23-19-25(3)30(26(4)20-23)33(18-16-32(7,8)9,17-15-29-13-11-10-12-14-29)31-27(5)21-24(2)22-28(31)6/h10-22H,1-9H3/b17-15+,18-16+. The monoisotopic (exact) mass is 498 g/mol. The van der Waals surface area contributed by atoms with E-state index < -0.39 is 13.3 Å². The molecule has 172 valence electrons. The molecular formula is C32H40Ge. The van der Waals surface area contributed by atoms with Crippen LogP contribution in [-0.2, 0) is 0 Å². The van der Waals surface area contributed by atoms with Gasteiger partial charge in [0.15, 0.2) is 0 Å². The third kappa shape index (κ3) is 5.79. The number of benzene rings is 3. The van der Waals surface area contributed by atoms with Gasteiger partial charge in [-0.15, -0.1) is 0 Å². The molecule has 0 fully saturated rings. The molecular weight excluding hydrogens is 457 g/mol. The molecule has 0 radical (unpaired) electrons. The van der Waals surface area contributed by atoms with E-state index in [-0.39, 0.29) is 5.41 Å².